The van der Waals surface area contributed by atoms with Crippen LogP contribution >= 0.6 is 11.3 Å². The average Bonchev–Trinajstić information content (AvgIpc) is 2.60. The Labute approximate surface area is 89.9 Å². The normalized spacial score (nSPS) is 15.4. The van der Waals surface area contributed by atoms with Gasteiger partial charge < -0.3 is 5.32 Å². The van der Waals surface area contributed by atoms with Crippen molar-refractivity contribution < 1.29 is 0 Å². The summed E-state index contributed by atoms with van der Waals surface area (Å²) in [4.78, 5) is 0. The van der Waals surface area contributed by atoms with E-state index in [4.69, 9.17) is 0 Å². The fraction of sp³-hybridized carbons (Fsp3) is 0.800. The molecule has 1 aromatic rings. The van der Waals surface area contributed by atoms with E-state index in [-0.39, 0.29) is 0 Å². The predicted molar refractivity (Wildman–Crippen MR) is 60.5 cm³/mol. The molecule has 1 aromatic heterocycles. The fourth-order valence-electron chi connectivity index (χ4n) is 1.10. The van der Waals surface area contributed by atoms with Crippen molar-refractivity contribution in [1.29, 1.82) is 0 Å². The third-order valence-electron chi connectivity index (χ3n) is 2.38. The molecule has 1 rings (SSSR count). The Morgan fingerprint density at radius 2 is 2.07 bits per heavy atom. The molecule has 2 unspecified atom stereocenters. The highest BCUT2D eigenvalue weighted by Crippen LogP contribution is 2.17. The molecule has 0 spiro atoms. The zero-order chi connectivity index (χ0) is 10.6. The summed E-state index contributed by atoms with van der Waals surface area (Å²) in [6.45, 7) is 9.65. The highest BCUT2D eigenvalue weighted by atomic mass is 32.1. The molecular formula is C10H19N3S. The molecule has 0 amide bonds. The van der Waals surface area contributed by atoms with Crippen molar-refractivity contribution in [3.05, 3.63) is 10.0 Å². The van der Waals surface area contributed by atoms with Crippen molar-refractivity contribution >= 4 is 11.3 Å². The standard InChI is InChI=1S/C10H19N3S/c1-5-7(2)6-11-8(3)10-13-12-9(4)14-10/h7-8,11H,5-6H2,1-4H3. The van der Waals surface area contributed by atoms with Gasteiger partial charge in [0.2, 0.25) is 0 Å². The van der Waals surface area contributed by atoms with Crippen molar-refractivity contribution in [3.8, 4) is 0 Å². The first-order valence-electron chi connectivity index (χ1n) is 5.16. The van der Waals surface area contributed by atoms with Gasteiger partial charge in [-0.1, -0.05) is 20.3 Å². The number of nitrogens with zero attached hydrogens (tertiary/aromatic N) is 2. The molecule has 0 radical (unpaired) electrons. The zero-order valence-corrected chi connectivity index (χ0v) is 10.2. The molecule has 80 valence electrons. The van der Waals surface area contributed by atoms with Gasteiger partial charge in [0.15, 0.2) is 0 Å². The monoisotopic (exact) mass is 213 g/mol. The summed E-state index contributed by atoms with van der Waals surface area (Å²) in [5, 5.41) is 13.7. The maximum absolute atomic E-state index is 4.13. The summed E-state index contributed by atoms with van der Waals surface area (Å²) in [6.07, 6.45) is 1.22. The number of aryl methyl sites for hydroxylation is 1. The van der Waals surface area contributed by atoms with Gasteiger partial charge in [0.05, 0.1) is 6.04 Å². The number of aromatic nitrogens is 2. The lowest BCUT2D eigenvalue weighted by Crippen LogP contribution is -2.24. The van der Waals surface area contributed by atoms with Gasteiger partial charge in [-0.15, -0.1) is 21.5 Å². The molecule has 0 bridgehead atoms. The Morgan fingerprint density at radius 1 is 1.36 bits per heavy atom. The van der Waals surface area contributed by atoms with Gasteiger partial charge >= 0.3 is 0 Å². The maximum atomic E-state index is 4.13. The van der Waals surface area contributed by atoms with Crippen molar-refractivity contribution in [2.45, 2.75) is 40.2 Å². The topological polar surface area (TPSA) is 37.8 Å². The molecule has 0 aliphatic carbocycles. The fourth-order valence-corrected chi connectivity index (χ4v) is 1.82. The smallest absolute Gasteiger partial charge is 0.134 e. The van der Waals surface area contributed by atoms with Gasteiger partial charge in [0, 0.05) is 0 Å². The van der Waals surface area contributed by atoms with Gasteiger partial charge in [0.1, 0.15) is 10.0 Å². The molecule has 0 aliphatic heterocycles. The third-order valence-corrected chi connectivity index (χ3v) is 3.40. The van der Waals surface area contributed by atoms with Gasteiger partial charge in [-0.05, 0) is 26.3 Å². The largest absolute Gasteiger partial charge is 0.308 e. The van der Waals surface area contributed by atoms with Crippen LogP contribution in [0.15, 0.2) is 0 Å². The highest BCUT2D eigenvalue weighted by molar-refractivity contribution is 7.11. The second kappa shape index (κ2) is 5.41. The van der Waals surface area contributed by atoms with E-state index in [1.807, 2.05) is 6.92 Å². The van der Waals surface area contributed by atoms with Crippen LogP contribution in [0.2, 0.25) is 0 Å². The number of nitrogens with one attached hydrogen (secondary N) is 1. The van der Waals surface area contributed by atoms with E-state index in [9.17, 15) is 0 Å². The third kappa shape index (κ3) is 3.35. The summed E-state index contributed by atoms with van der Waals surface area (Å²) in [5.41, 5.74) is 0. The van der Waals surface area contributed by atoms with Crippen LogP contribution in [-0.4, -0.2) is 16.7 Å². The van der Waals surface area contributed by atoms with E-state index in [0.717, 1.165) is 22.5 Å². The first-order valence-corrected chi connectivity index (χ1v) is 5.98. The summed E-state index contributed by atoms with van der Waals surface area (Å²) in [6, 6.07) is 0.329. The molecule has 4 heteroatoms. The van der Waals surface area contributed by atoms with Crippen molar-refractivity contribution in [1.82, 2.24) is 15.5 Å². The van der Waals surface area contributed by atoms with Gasteiger partial charge in [0.25, 0.3) is 0 Å². The molecule has 0 saturated carbocycles. The Kier molecular flexibility index (Phi) is 4.48. The van der Waals surface area contributed by atoms with E-state index >= 15 is 0 Å². The van der Waals surface area contributed by atoms with Gasteiger partial charge in [-0.2, -0.15) is 0 Å². The van der Waals surface area contributed by atoms with Crippen LogP contribution in [0.1, 0.15) is 43.2 Å². The van der Waals surface area contributed by atoms with Gasteiger partial charge in [-0.25, -0.2) is 0 Å². The predicted octanol–water partition coefficient (Wildman–Crippen LogP) is 2.54. The summed E-state index contributed by atoms with van der Waals surface area (Å²) < 4.78 is 0. The van der Waals surface area contributed by atoms with E-state index in [1.165, 1.54) is 6.42 Å². The first-order chi connectivity index (χ1) is 6.63. The molecule has 1 N–H and O–H groups in total. The maximum Gasteiger partial charge on any atom is 0.134 e. The molecule has 2 atom stereocenters. The number of rotatable bonds is 5. The Morgan fingerprint density at radius 3 is 2.57 bits per heavy atom. The minimum Gasteiger partial charge on any atom is -0.308 e. The minimum atomic E-state index is 0.329. The van der Waals surface area contributed by atoms with Gasteiger partial charge in [-0.3, -0.25) is 0 Å². The number of hydrogen-bond acceptors (Lipinski definition) is 4. The second-order valence-electron chi connectivity index (χ2n) is 3.80. The summed E-state index contributed by atoms with van der Waals surface area (Å²) in [5.74, 6) is 0.728. The lowest BCUT2D eigenvalue weighted by atomic mass is 10.1. The SMILES string of the molecule is CCC(C)CNC(C)c1nnc(C)s1. The first kappa shape index (κ1) is 11.6. The molecule has 0 saturated heterocycles. The molecule has 0 fully saturated rings. The second-order valence-corrected chi connectivity index (χ2v) is 5.02. The lowest BCUT2D eigenvalue weighted by Gasteiger charge is -2.14. The summed E-state index contributed by atoms with van der Waals surface area (Å²) in [7, 11) is 0. The van der Waals surface area contributed by atoms with Crippen molar-refractivity contribution in [2.75, 3.05) is 6.54 Å². The van der Waals surface area contributed by atoms with E-state index in [2.05, 4.69) is 36.3 Å². The Hall–Kier alpha value is -0.480. The van der Waals surface area contributed by atoms with Crippen molar-refractivity contribution in [2.24, 2.45) is 5.92 Å². The quantitative estimate of drug-likeness (QED) is 0.817. The van der Waals surface area contributed by atoms with Crippen LogP contribution in [0.3, 0.4) is 0 Å². The molecular weight excluding hydrogens is 194 g/mol. The average molecular weight is 213 g/mol. The minimum absolute atomic E-state index is 0.329. The van der Waals surface area contributed by atoms with Crippen LogP contribution in [0.5, 0.6) is 0 Å². The highest BCUT2D eigenvalue weighted by Gasteiger charge is 2.10. The van der Waals surface area contributed by atoms with E-state index < -0.39 is 0 Å². The Bertz CT molecular complexity index is 272. The van der Waals surface area contributed by atoms with E-state index in [1.54, 1.807) is 11.3 Å². The van der Waals surface area contributed by atoms with Crippen LogP contribution < -0.4 is 5.32 Å². The zero-order valence-electron chi connectivity index (χ0n) is 9.37. The summed E-state index contributed by atoms with van der Waals surface area (Å²) >= 11 is 1.67. The van der Waals surface area contributed by atoms with Crippen LogP contribution in [0.4, 0.5) is 0 Å². The molecule has 0 aliphatic rings. The Balaban J connectivity index is 2.39. The molecule has 3 nitrogen and oxygen atoms in total. The van der Waals surface area contributed by atoms with Crippen LogP contribution in [0.25, 0.3) is 0 Å². The molecule has 1 heterocycles. The molecule has 14 heavy (non-hydrogen) atoms. The lowest BCUT2D eigenvalue weighted by molar-refractivity contribution is 0.459. The molecule has 0 aromatic carbocycles. The van der Waals surface area contributed by atoms with Crippen LogP contribution in [0, 0.1) is 12.8 Å². The number of hydrogen-bond donors (Lipinski definition) is 1. The van der Waals surface area contributed by atoms with E-state index in [0.29, 0.717) is 6.04 Å². The van der Waals surface area contributed by atoms with Crippen molar-refractivity contribution in [3.63, 3.8) is 0 Å². The van der Waals surface area contributed by atoms with Crippen LogP contribution in [-0.2, 0) is 0 Å².